The second-order valence-corrected chi connectivity index (χ2v) is 3.87. The van der Waals surface area contributed by atoms with Gasteiger partial charge in [0.15, 0.2) is 0 Å². The molecule has 0 saturated heterocycles. The molecule has 0 aromatic carbocycles. The zero-order chi connectivity index (χ0) is 9.94. The Morgan fingerprint density at radius 2 is 1.47 bits per heavy atom. The molecule has 3 heteroatoms. The molecule has 0 radical (unpaired) electrons. The van der Waals surface area contributed by atoms with Gasteiger partial charge in [-0.25, -0.2) is 0 Å². The molecule has 0 aromatic rings. The highest BCUT2D eigenvalue weighted by Gasteiger charge is 2.02. The van der Waals surface area contributed by atoms with Crippen LogP contribution in [0, 0.1) is 0 Å². The van der Waals surface area contributed by atoms with Gasteiger partial charge in [0.25, 0.3) is 0 Å². The molecular weight excluding hydrogens is 229 g/mol. The number of hydrogen-bond acceptors (Lipinski definition) is 1. The van der Waals surface area contributed by atoms with Crippen molar-refractivity contribution < 1.29 is 0 Å². The van der Waals surface area contributed by atoms with Gasteiger partial charge in [-0.1, -0.05) is 52.9 Å². The van der Waals surface area contributed by atoms with E-state index in [0.717, 1.165) is 12.6 Å². The molecule has 1 N–H and O–H groups in total. The summed E-state index contributed by atoms with van der Waals surface area (Å²) in [6.45, 7) is 7.86. The third-order valence-corrected chi connectivity index (χ3v) is 2.64. The molecule has 15 heavy (non-hydrogen) atoms. The average molecular weight is 258 g/mol. The van der Waals surface area contributed by atoms with Crippen molar-refractivity contribution in [3.63, 3.8) is 0 Å². The van der Waals surface area contributed by atoms with Gasteiger partial charge < -0.3 is 5.32 Å². The van der Waals surface area contributed by atoms with E-state index >= 15 is 0 Å². The van der Waals surface area contributed by atoms with Gasteiger partial charge in [-0.15, -0.1) is 24.8 Å². The summed E-state index contributed by atoms with van der Waals surface area (Å²) in [7, 11) is 0. The fraction of sp³-hybridized carbons (Fsp3) is 1.00. The number of nitrogens with one attached hydrogen (secondary N) is 1. The van der Waals surface area contributed by atoms with E-state index < -0.39 is 0 Å². The van der Waals surface area contributed by atoms with Crippen LogP contribution in [0.1, 0.15) is 65.7 Å². The number of unbranched alkanes of at least 4 members (excludes halogenated alkanes) is 4. The lowest BCUT2D eigenvalue weighted by atomic mass is 10.0. The van der Waals surface area contributed by atoms with Crippen molar-refractivity contribution in [1.82, 2.24) is 5.32 Å². The Morgan fingerprint density at radius 3 is 1.93 bits per heavy atom. The van der Waals surface area contributed by atoms with E-state index in [1.807, 2.05) is 0 Å². The quantitative estimate of drug-likeness (QED) is 0.597. The molecule has 0 fully saturated rings. The van der Waals surface area contributed by atoms with E-state index in [-0.39, 0.29) is 24.8 Å². The van der Waals surface area contributed by atoms with Crippen LogP contribution >= 0.6 is 24.8 Å². The Balaban J connectivity index is -0.000000720. The molecule has 0 aliphatic heterocycles. The first-order valence-electron chi connectivity index (χ1n) is 6.08. The SMILES string of the molecule is CCCCCCCC(CC)NCC.Cl.Cl. The van der Waals surface area contributed by atoms with Crippen molar-refractivity contribution in [2.75, 3.05) is 6.54 Å². The third-order valence-electron chi connectivity index (χ3n) is 2.64. The molecule has 0 bridgehead atoms. The van der Waals surface area contributed by atoms with Gasteiger partial charge in [-0.2, -0.15) is 0 Å². The van der Waals surface area contributed by atoms with Gasteiger partial charge in [0.2, 0.25) is 0 Å². The van der Waals surface area contributed by atoms with Crippen molar-refractivity contribution in [2.24, 2.45) is 0 Å². The Hall–Kier alpha value is 0.540. The highest BCUT2D eigenvalue weighted by atomic mass is 35.5. The topological polar surface area (TPSA) is 12.0 Å². The third kappa shape index (κ3) is 14.5. The van der Waals surface area contributed by atoms with Crippen LogP contribution in [0.15, 0.2) is 0 Å². The first kappa shape index (κ1) is 20.9. The van der Waals surface area contributed by atoms with Crippen LogP contribution in [0.4, 0.5) is 0 Å². The highest BCUT2D eigenvalue weighted by Crippen LogP contribution is 2.08. The summed E-state index contributed by atoms with van der Waals surface area (Å²) in [4.78, 5) is 0. The molecule has 0 rings (SSSR count). The van der Waals surface area contributed by atoms with Crippen molar-refractivity contribution in [1.29, 1.82) is 0 Å². The largest absolute Gasteiger partial charge is 0.314 e. The molecule has 0 spiro atoms. The lowest BCUT2D eigenvalue weighted by Gasteiger charge is -2.15. The summed E-state index contributed by atoms with van der Waals surface area (Å²) in [5, 5.41) is 3.52. The van der Waals surface area contributed by atoms with Gasteiger partial charge in [0.1, 0.15) is 0 Å². The summed E-state index contributed by atoms with van der Waals surface area (Å²) < 4.78 is 0. The van der Waals surface area contributed by atoms with Gasteiger partial charge in [0.05, 0.1) is 0 Å². The standard InChI is InChI=1S/C12H27N.2ClH/c1-4-7-8-9-10-11-12(5-2)13-6-3;;/h12-13H,4-11H2,1-3H3;2*1H. The smallest absolute Gasteiger partial charge is 0.00643 e. The van der Waals surface area contributed by atoms with Crippen LogP contribution in [0.2, 0.25) is 0 Å². The van der Waals surface area contributed by atoms with Gasteiger partial charge in [-0.3, -0.25) is 0 Å². The van der Waals surface area contributed by atoms with E-state index in [2.05, 4.69) is 26.1 Å². The fourth-order valence-electron chi connectivity index (χ4n) is 1.73. The van der Waals surface area contributed by atoms with Gasteiger partial charge >= 0.3 is 0 Å². The summed E-state index contributed by atoms with van der Waals surface area (Å²) in [6, 6.07) is 0.770. The van der Waals surface area contributed by atoms with E-state index in [9.17, 15) is 0 Å². The maximum absolute atomic E-state index is 3.52. The van der Waals surface area contributed by atoms with Crippen molar-refractivity contribution in [3.8, 4) is 0 Å². The van der Waals surface area contributed by atoms with Crippen LogP contribution in [0.3, 0.4) is 0 Å². The minimum absolute atomic E-state index is 0. The van der Waals surface area contributed by atoms with Crippen molar-refractivity contribution in [3.05, 3.63) is 0 Å². The van der Waals surface area contributed by atoms with Crippen LogP contribution in [0.25, 0.3) is 0 Å². The summed E-state index contributed by atoms with van der Waals surface area (Å²) >= 11 is 0. The molecule has 1 nitrogen and oxygen atoms in total. The monoisotopic (exact) mass is 257 g/mol. The molecular formula is C12H29Cl2N. The second kappa shape index (κ2) is 17.0. The van der Waals surface area contributed by atoms with Crippen molar-refractivity contribution >= 4 is 24.8 Å². The molecule has 0 aliphatic rings. The number of rotatable bonds is 9. The average Bonchev–Trinajstić information content (AvgIpc) is 2.16. The molecule has 96 valence electrons. The van der Waals surface area contributed by atoms with E-state index in [0.29, 0.717) is 0 Å². The lowest BCUT2D eigenvalue weighted by Crippen LogP contribution is -2.27. The number of hydrogen-bond donors (Lipinski definition) is 1. The Labute approximate surface area is 109 Å². The first-order valence-corrected chi connectivity index (χ1v) is 6.08. The zero-order valence-corrected chi connectivity index (χ0v) is 12.2. The second-order valence-electron chi connectivity index (χ2n) is 3.87. The molecule has 1 unspecified atom stereocenters. The summed E-state index contributed by atoms with van der Waals surface area (Å²) in [6.07, 6.45) is 9.68. The Kier molecular flexibility index (Phi) is 23.6. The molecule has 0 aromatic heterocycles. The molecule has 0 heterocycles. The summed E-state index contributed by atoms with van der Waals surface area (Å²) in [5.74, 6) is 0. The van der Waals surface area contributed by atoms with Crippen LogP contribution in [-0.2, 0) is 0 Å². The summed E-state index contributed by atoms with van der Waals surface area (Å²) in [5.41, 5.74) is 0. The highest BCUT2D eigenvalue weighted by molar-refractivity contribution is 5.85. The van der Waals surface area contributed by atoms with E-state index in [1.54, 1.807) is 0 Å². The molecule has 0 saturated carbocycles. The minimum atomic E-state index is 0. The minimum Gasteiger partial charge on any atom is -0.314 e. The molecule has 0 aliphatic carbocycles. The Bertz CT molecular complexity index is 99.6. The lowest BCUT2D eigenvalue weighted by molar-refractivity contribution is 0.453. The van der Waals surface area contributed by atoms with Crippen molar-refractivity contribution in [2.45, 2.75) is 71.8 Å². The molecule has 0 amide bonds. The van der Waals surface area contributed by atoms with Crippen LogP contribution < -0.4 is 5.32 Å². The molecule has 1 atom stereocenters. The first-order chi connectivity index (χ1) is 6.35. The van der Waals surface area contributed by atoms with Crippen LogP contribution in [-0.4, -0.2) is 12.6 Å². The zero-order valence-electron chi connectivity index (χ0n) is 10.6. The predicted molar refractivity (Wildman–Crippen MR) is 75.6 cm³/mol. The normalized spacial score (nSPS) is 11.4. The van der Waals surface area contributed by atoms with E-state index in [1.165, 1.54) is 44.9 Å². The Morgan fingerprint density at radius 1 is 0.867 bits per heavy atom. The van der Waals surface area contributed by atoms with Gasteiger partial charge in [-0.05, 0) is 19.4 Å². The maximum Gasteiger partial charge on any atom is 0.00643 e. The predicted octanol–water partition coefficient (Wildman–Crippen LogP) is 4.58. The maximum atomic E-state index is 3.52. The van der Waals surface area contributed by atoms with Gasteiger partial charge in [0, 0.05) is 6.04 Å². The van der Waals surface area contributed by atoms with Crippen LogP contribution in [0.5, 0.6) is 0 Å². The van der Waals surface area contributed by atoms with E-state index in [4.69, 9.17) is 0 Å². The fourth-order valence-corrected chi connectivity index (χ4v) is 1.73. The number of halogens is 2.